The van der Waals surface area contributed by atoms with Crippen molar-refractivity contribution in [3.8, 4) is 44.5 Å². The number of rotatable bonds is 7. The van der Waals surface area contributed by atoms with E-state index in [0.29, 0.717) is 0 Å². The number of para-hydroxylation sites is 3. The molecule has 1 aliphatic heterocycles. The number of furan rings is 1. The van der Waals surface area contributed by atoms with Gasteiger partial charge in [0.2, 0.25) is 0 Å². The molecule has 0 amide bonds. The second-order valence-corrected chi connectivity index (χ2v) is 16.1. The molecular formula is C59H40N2O. The highest BCUT2D eigenvalue weighted by Crippen LogP contribution is 2.46. The highest BCUT2D eigenvalue weighted by molar-refractivity contribution is 6.06. The molecule has 1 aliphatic rings. The fraction of sp³-hybridized carbons (Fsp3) is 0.0169. The Morgan fingerprint density at radius 1 is 0.371 bits per heavy atom. The highest BCUT2D eigenvalue weighted by atomic mass is 16.3. The van der Waals surface area contributed by atoms with Crippen LogP contribution in [0.1, 0.15) is 5.56 Å². The summed E-state index contributed by atoms with van der Waals surface area (Å²) in [7, 11) is 0. The molecule has 0 radical (unpaired) electrons. The Bertz CT molecular complexity index is 3450. The molecule has 3 heteroatoms. The smallest absolute Gasteiger partial charge is 0.136 e. The molecule has 0 bridgehead atoms. The monoisotopic (exact) mass is 792 g/mol. The van der Waals surface area contributed by atoms with Crippen molar-refractivity contribution in [2.45, 2.75) is 6.54 Å². The summed E-state index contributed by atoms with van der Waals surface area (Å²) in [4.78, 5) is 4.85. The molecule has 1 aromatic heterocycles. The molecule has 2 heterocycles. The van der Waals surface area contributed by atoms with E-state index >= 15 is 0 Å². The van der Waals surface area contributed by atoms with E-state index < -0.39 is 0 Å². The predicted octanol–water partition coefficient (Wildman–Crippen LogP) is 16.5. The molecule has 0 fully saturated rings. The van der Waals surface area contributed by atoms with E-state index in [4.69, 9.17) is 4.42 Å². The van der Waals surface area contributed by atoms with Crippen molar-refractivity contribution >= 4 is 61.1 Å². The third kappa shape index (κ3) is 6.22. The topological polar surface area (TPSA) is 19.6 Å². The van der Waals surface area contributed by atoms with Crippen LogP contribution < -0.4 is 9.80 Å². The van der Waals surface area contributed by atoms with Gasteiger partial charge in [-0.25, -0.2) is 0 Å². The van der Waals surface area contributed by atoms with Gasteiger partial charge in [0.15, 0.2) is 0 Å². The molecule has 0 atom stereocenters. The number of anilines is 5. The SMILES string of the molecule is c1cc(N2Cc3ccccc3-c3ccccc32)cc(N(c2ccc(-c3ccc(-c4ccc5ccccc5c4)cc3)cc2)c2ccccc2-c2ccc3c(c2)oc2ccccc23)c1. The molecule has 3 nitrogen and oxygen atoms in total. The van der Waals surface area contributed by atoms with Crippen molar-refractivity contribution in [3.05, 3.63) is 236 Å². The van der Waals surface area contributed by atoms with Gasteiger partial charge in [0.1, 0.15) is 11.2 Å². The second kappa shape index (κ2) is 14.8. The van der Waals surface area contributed by atoms with Gasteiger partial charge in [-0.1, -0.05) is 164 Å². The minimum atomic E-state index is 0.791. The van der Waals surface area contributed by atoms with Crippen LogP contribution in [0.4, 0.5) is 28.4 Å². The highest BCUT2D eigenvalue weighted by Gasteiger charge is 2.24. The molecule has 0 aliphatic carbocycles. The lowest BCUT2D eigenvalue weighted by molar-refractivity contribution is 0.669. The van der Waals surface area contributed by atoms with Crippen LogP contribution in [-0.4, -0.2) is 0 Å². The Morgan fingerprint density at radius 2 is 1.00 bits per heavy atom. The molecule has 0 saturated heterocycles. The fourth-order valence-electron chi connectivity index (χ4n) is 9.40. The maximum Gasteiger partial charge on any atom is 0.136 e. The lowest BCUT2D eigenvalue weighted by atomic mass is 9.93. The third-order valence-corrected chi connectivity index (χ3v) is 12.5. The van der Waals surface area contributed by atoms with E-state index in [1.165, 1.54) is 55.4 Å². The van der Waals surface area contributed by atoms with Gasteiger partial charge in [-0.2, -0.15) is 0 Å². The van der Waals surface area contributed by atoms with Crippen molar-refractivity contribution in [3.63, 3.8) is 0 Å². The summed E-state index contributed by atoms with van der Waals surface area (Å²) in [5.74, 6) is 0. The fourth-order valence-corrected chi connectivity index (χ4v) is 9.40. The summed E-state index contributed by atoms with van der Waals surface area (Å²) >= 11 is 0. The molecule has 10 aromatic carbocycles. The van der Waals surface area contributed by atoms with Gasteiger partial charge in [-0.05, 0) is 116 Å². The van der Waals surface area contributed by atoms with Gasteiger partial charge in [0, 0.05) is 51.2 Å². The Kier molecular flexibility index (Phi) is 8.57. The van der Waals surface area contributed by atoms with Gasteiger partial charge >= 0.3 is 0 Å². The maximum absolute atomic E-state index is 6.41. The maximum atomic E-state index is 6.41. The van der Waals surface area contributed by atoms with Crippen LogP contribution in [0, 0.1) is 0 Å². The first-order valence-corrected chi connectivity index (χ1v) is 21.3. The molecular weight excluding hydrogens is 753 g/mol. The zero-order chi connectivity index (χ0) is 41.0. The van der Waals surface area contributed by atoms with E-state index in [2.05, 4.69) is 228 Å². The van der Waals surface area contributed by atoms with Crippen LogP contribution in [0.25, 0.3) is 77.2 Å². The quantitative estimate of drug-likeness (QED) is 0.160. The van der Waals surface area contributed by atoms with E-state index in [0.717, 1.165) is 62.4 Å². The number of hydrogen-bond donors (Lipinski definition) is 0. The summed E-state index contributed by atoms with van der Waals surface area (Å²) in [6.45, 7) is 0.791. The lowest BCUT2D eigenvalue weighted by Crippen LogP contribution is -2.21. The summed E-state index contributed by atoms with van der Waals surface area (Å²) in [6, 6.07) is 83.3. The molecule has 62 heavy (non-hydrogen) atoms. The standard InChI is InChI=1S/C59H40N2O/c1-2-13-44-36-45(29-28-40(44)12-1)43-26-24-41(25-27-43)42-30-33-48(34-31-42)61(57-22-9-5-18-52(57)46-32-35-55-54-20-7-10-23-58(54)62-59(55)37-46)50-16-11-15-49(38-50)60-39-47-14-3-4-17-51(47)53-19-6-8-21-56(53)60/h1-38H,39H2. The van der Waals surface area contributed by atoms with Gasteiger partial charge in [0.25, 0.3) is 0 Å². The first-order chi connectivity index (χ1) is 30.7. The summed E-state index contributed by atoms with van der Waals surface area (Å²) in [5, 5.41) is 4.76. The third-order valence-electron chi connectivity index (χ3n) is 12.5. The molecule has 0 unspecified atom stereocenters. The normalized spacial score (nSPS) is 12.1. The van der Waals surface area contributed by atoms with Crippen LogP contribution in [0.15, 0.2) is 235 Å². The van der Waals surface area contributed by atoms with E-state index in [1.54, 1.807) is 0 Å². The Balaban J connectivity index is 0.955. The number of fused-ring (bicyclic) bond motifs is 7. The van der Waals surface area contributed by atoms with Gasteiger partial charge in [-0.3, -0.25) is 0 Å². The minimum absolute atomic E-state index is 0.791. The van der Waals surface area contributed by atoms with Crippen LogP contribution in [0.2, 0.25) is 0 Å². The van der Waals surface area contributed by atoms with E-state index in [9.17, 15) is 0 Å². The molecule has 0 spiro atoms. The van der Waals surface area contributed by atoms with Gasteiger partial charge < -0.3 is 14.2 Å². The minimum Gasteiger partial charge on any atom is -0.456 e. The van der Waals surface area contributed by atoms with Crippen molar-refractivity contribution in [2.24, 2.45) is 0 Å². The predicted molar refractivity (Wildman–Crippen MR) is 260 cm³/mol. The average molecular weight is 793 g/mol. The molecule has 11 aromatic rings. The molecule has 292 valence electrons. The number of hydrogen-bond acceptors (Lipinski definition) is 3. The first kappa shape index (κ1) is 35.8. The van der Waals surface area contributed by atoms with Crippen LogP contribution in [0.3, 0.4) is 0 Å². The Hall–Kier alpha value is -8.14. The summed E-state index contributed by atoms with van der Waals surface area (Å²) < 4.78 is 6.41. The van der Waals surface area contributed by atoms with Crippen molar-refractivity contribution < 1.29 is 4.42 Å². The first-order valence-electron chi connectivity index (χ1n) is 21.3. The largest absolute Gasteiger partial charge is 0.456 e. The number of nitrogens with zero attached hydrogens (tertiary/aromatic N) is 2. The van der Waals surface area contributed by atoms with Crippen molar-refractivity contribution in [2.75, 3.05) is 9.80 Å². The summed E-state index contributed by atoms with van der Waals surface area (Å²) in [5.41, 5.74) is 18.2. The molecule has 0 N–H and O–H groups in total. The average Bonchev–Trinajstić information content (AvgIpc) is 3.72. The summed E-state index contributed by atoms with van der Waals surface area (Å²) in [6.07, 6.45) is 0. The molecule has 0 saturated carbocycles. The van der Waals surface area contributed by atoms with Crippen molar-refractivity contribution in [1.82, 2.24) is 0 Å². The Labute approximate surface area is 361 Å². The molecule has 12 rings (SSSR count). The second-order valence-electron chi connectivity index (χ2n) is 16.1. The zero-order valence-electron chi connectivity index (χ0n) is 33.9. The lowest BCUT2D eigenvalue weighted by Gasteiger charge is -2.34. The van der Waals surface area contributed by atoms with E-state index in [1.807, 2.05) is 12.1 Å². The van der Waals surface area contributed by atoms with Crippen LogP contribution in [0.5, 0.6) is 0 Å². The zero-order valence-corrected chi connectivity index (χ0v) is 33.9. The van der Waals surface area contributed by atoms with E-state index in [-0.39, 0.29) is 0 Å². The van der Waals surface area contributed by atoms with Crippen molar-refractivity contribution in [1.29, 1.82) is 0 Å². The van der Waals surface area contributed by atoms with Crippen LogP contribution in [-0.2, 0) is 6.54 Å². The van der Waals surface area contributed by atoms with Crippen LogP contribution >= 0.6 is 0 Å². The van der Waals surface area contributed by atoms with Gasteiger partial charge in [0.05, 0.1) is 5.69 Å². The van der Waals surface area contributed by atoms with Gasteiger partial charge in [-0.15, -0.1) is 0 Å². The number of benzene rings is 10. The Morgan fingerprint density at radius 3 is 1.85 bits per heavy atom.